The Hall–Kier alpha value is -0.480. The van der Waals surface area contributed by atoms with Gasteiger partial charge in [-0.2, -0.15) is 0 Å². The Bertz CT molecular complexity index is 157. The number of terminal acetylenes is 1. The number of nitrogens with one attached hydrogen (secondary N) is 1. The molecular formula is C10H17N. The quantitative estimate of drug-likeness (QED) is 0.562. The molecule has 0 amide bonds. The number of hydrogen-bond donors (Lipinski definition) is 1. The molecule has 0 aromatic carbocycles. The Morgan fingerprint density at radius 3 is 2.73 bits per heavy atom. The van der Waals surface area contributed by atoms with Crippen molar-refractivity contribution in [2.24, 2.45) is 11.8 Å². The van der Waals surface area contributed by atoms with Crippen LogP contribution >= 0.6 is 0 Å². The van der Waals surface area contributed by atoms with Crippen molar-refractivity contribution in [2.45, 2.75) is 32.2 Å². The molecule has 0 spiro atoms. The first-order valence-corrected chi connectivity index (χ1v) is 4.41. The summed E-state index contributed by atoms with van der Waals surface area (Å²) in [6, 6.07) is 0.566. The van der Waals surface area contributed by atoms with Crippen LogP contribution in [0.4, 0.5) is 0 Å². The largest absolute Gasteiger partial charge is 0.316 e. The molecule has 0 aromatic heterocycles. The molecule has 62 valence electrons. The van der Waals surface area contributed by atoms with Crippen LogP contribution in [-0.2, 0) is 0 Å². The highest BCUT2D eigenvalue weighted by Gasteiger charge is 2.25. The Morgan fingerprint density at radius 1 is 1.45 bits per heavy atom. The van der Waals surface area contributed by atoms with E-state index in [2.05, 4.69) is 18.2 Å². The van der Waals surface area contributed by atoms with E-state index < -0.39 is 0 Å². The van der Waals surface area contributed by atoms with Crippen LogP contribution < -0.4 is 5.32 Å². The Kier molecular flexibility index (Phi) is 2.96. The van der Waals surface area contributed by atoms with E-state index in [4.69, 9.17) is 6.42 Å². The fourth-order valence-corrected chi connectivity index (χ4v) is 1.91. The van der Waals surface area contributed by atoms with Gasteiger partial charge < -0.3 is 5.32 Å². The van der Waals surface area contributed by atoms with E-state index in [-0.39, 0.29) is 0 Å². The van der Waals surface area contributed by atoms with Crippen LogP contribution in [0.3, 0.4) is 0 Å². The van der Waals surface area contributed by atoms with Crippen LogP contribution in [0.1, 0.15) is 26.2 Å². The van der Waals surface area contributed by atoms with Crippen molar-refractivity contribution >= 4 is 0 Å². The fourth-order valence-electron chi connectivity index (χ4n) is 1.91. The minimum Gasteiger partial charge on any atom is -0.316 e. The highest BCUT2D eigenvalue weighted by Crippen LogP contribution is 2.28. The van der Waals surface area contributed by atoms with E-state index in [0.29, 0.717) is 12.0 Å². The SMILES string of the molecule is C#C[C@@H]1C[C@@H](C)CC[C@H]1NC. The third kappa shape index (κ3) is 1.97. The molecule has 1 N–H and O–H groups in total. The fraction of sp³-hybridized carbons (Fsp3) is 0.800. The van der Waals surface area contributed by atoms with E-state index in [1.807, 2.05) is 7.05 Å². The standard InChI is InChI=1S/C10H17N/c1-4-9-7-8(2)5-6-10(9)11-3/h1,8-11H,5-7H2,2-3H3/t8-,9+,10+/m0/s1. The summed E-state index contributed by atoms with van der Waals surface area (Å²) >= 11 is 0. The van der Waals surface area contributed by atoms with Gasteiger partial charge in [0.1, 0.15) is 0 Å². The van der Waals surface area contributed by atoms with E-state index >= 15 is 0 Å². The number of rotatable bonds is 1. The van der Waals surface area contributed by atoms with Gasteiger partial charge in [-0.05, 0) is 32.2 Å². The molecule has 0 radical (unpaired) electrons. The van der Waals surface area contributed by atoms with Crippen LogP contribution in [0.15, 0.2) is 0 Å². The minimum atomic E-state index is 0.462. The average molecular weight is 151 g/mol. The minimum absolute atomic E-state index is 0.462. The van der Waals surface area contributed by atoms with Crippen molar-refractivity contribution in [1.82, 2.24) is 5.32 Å². The lowest BCUT2D eigenvalue weighted by atomic mass is 9.79. The van der Waals surface area contributed by atoms with Gasteiger partial charge in [0.2, 0.25) is 0 Å². The van der Waals surface area contributed by atoms with Gasteiger partial charge in [-0.15, -0.1) is 12.3 Å². The van der Waals surface area contributed by atoms with Gasteiger partial charge in [0.05, 0.1) is 0 Å². The lowest BCUT2D eigenvalue weighted by Crippen LogP contribution is -2.37. The molecule has 0 saturated heterocycles. The van der Waals surface area contributed by atoms with Crippen LogP contribution in [0.25, 0.3) is 0 Å². The first-order chi connectivity index (χ1) is 5.27. The summed E-state index contributed by atoms with van der Waals surface area (Å²) in [7, 11) is 2.00. The Morgan fingerprint density at radius 2 is 2.18 bits per heavy atom. The Balaban J connectivity index is 2.50. The topological polar surface area (TPSA) is 12.0 Å². The maximum Gasteiger partial charge on any atom is 0.0356 e. The molecule has 1 aliphatic rings. The van der Waals surface area contributed by atoms with Gasteiger partial charge in [-0.3, -0.25) is 0 Å². The van der Waals surface area contributed by atoms with Gasteiger partial charge >= 0.3 is 0 Å². The summed E-state index contributed by atoms with van der Waals surface area (Å²) in [4.78, 5) is 0. The summed E-state index contributed by atoms with van der Waals surface area (Å²) in [5, 5.41) is 3.28. The summed E-state index contributed by atoms with van der Waals surface area (Å²) in [6.07, 6.45) is 9.20. The molecule has 11 heavy (non-hydrogen) atoms. The smallest absolute Gasteiger partial charge is 0.0356 e. The third-order valence-electron chi connectivity index (χ3n) is 2.70. The lowest BCUT2D eigenvalue weighted by molar-refractivity contribution is 0.267. The first-order valence-electron chi connectivity index (χ1n) is 4.41. The van der Waals surface area contributed by atoms with Crippen molar-refractivity contribution in [1.29, 1.82) is 0 Å². The van der Waals surface area contributed by atoms with E-state index in [9.17, 15) is 0 Å². The summed E-state index contributed by atoms with van der Waals surface area (Å²) in [5.41, 5.74) is 0. The second kappa shape index (κ2) is 3.78. The van der Waals surface area contributed by atoms with Gasteiger partial charge in [-0.25, -0.2) is 0 Å². The monoisotopic (exact) mass is 151 g/mol. The molecule has 3 atom stereocenters. The molecule has 1 rings (SSSR count). The van der Waals surface area contributed by atoms with Crippen molar-refractivity contribution in [2.75, 3.05) is 7.05 Å². The molecule has 1 fully saturated rings. The van der Waals surface area contributed by atoms with Crippen molar-refractivity contribution in [3.8, 4) is 12.3 Å². The molecule has 1 aliphatic carbocycles. The molecule has 0 bridgehead atoms. The summed E-state index contributed by atoms with van der Waals surface area (Å²) < 4.78 is 0. The third-order valence-corrected chi connectivity index (χ3v) is 2.70. The van der Waals surface area contributed by atoms with E-state index in [1.54, 1.807) is 0 Å². The van der Waals surface area contributed by atoms with Crippen molar-refractivity contribution in [3.63, 3.8) is 0 Å². The van der Waals surface area contributed by atoms with Gasteiger partial charge in [0.15, 0.2) is 0 Å². The maximum absolute atomic E-state index is 5.44. The van der Waals surface area contributed by atoms with Gasteiger partial charge in [0.25, 0.3) is 0 Å². The molecule has 1 saturated carbocycles. The molecule has 0 aliphatic heterocycles. The predicted octanol–water partition coefficient (Wildman–Crippen LogP) is 1.64. The second-order valence-corrected chi connectivity index (χ2v) is 3.59. The van der Waals surface area contributed by atoms with Crippen LogP contribution in [0.5, 0.6) is 0 Å². The molecular weight excluding hydrogens is 134 g/mol. The highest BCUT2D eigenvalue weighted by molar-refractivity contribution is 5.01. The maximum atomic E-state index is 5.44. The Labute approximate surface area is 69.6 Å². The first kappa shape index (κ1) is 8.62. The van der Waals surface area contributed by atoms with E-state index in [1.165, 1.54) is 19.3 Å². The van der Waals surface area contributed by atoms with Gasteiger partial charge in [0, 0.05) is 12.0 Å². The van der Waals surface area contributed by atoms with Crippen molar-refractivity contribution in [3.05, 3.63) is 0 Å². The zero-order chi connectivity index (χ0) is 8.27. The highest BCUT2D eigenvalue weighted by atomic mass is 14.9. The normalized spacial score (nSPS) is 38.1. The predicted molar refractivity (Wildman–Crippen MR) is 48.2 cm³/mol. The lowest BCUT2D eigenvalue weighted by Gasteiger charge is -2.31. The van der Waals surface area contributed by atoms with E-state index in [0.717, 1.165) is 5.92 Å². The van der Waals surface area contributed by atoms with Crippen LogP contribution in [-0.4, -0.2) is 13.1 Å². The summed E-state index contributed by atoms with van der Waals surface area (Å²) in [5.74, 6) is 4.15. The second-order valence-electron chi connectivity index (χ2n) is 3.59. The molecule has 0 unspecified atom stereocenters. The van der Waals surface area contributed by atoms with Crippen LogP contribution in [0.2, 0.25) is 0 Å². The zero-order valence-corrected chi connectivity index (χ0v) is 7.43. The van der Waals surface area contributed by atoms with Crippen molar-refractivity contribution < 1.29 is 0 Å². The average Bonchev–Trinajstić information content (AvgIpc) is 2.04. The number of hydrogen-bond acceptors (Lipinski definition) is 1. The van der Waals surface area contributed by atoms with Gasteiger partial charge in [-0.1, -0.05) is 6.92 Å². The molecule has 1 heteroatoms. The molecule has 0 heterocycles. The van der Waals surface area contributed by atoms with Crippen LogP contribution in [0, 0.1) is 24.2 Å². The zero-order valence-electron chi connectivity index (χ0n) is 7.43. The molecule has 0 aromatic rings. The summed E-state index contributed by atoms with van der Waals surface area (Å²) in [6.45, 7) is 2.29. The molecule has 1 nitrogen and oxygen atoms in total.